The molecular weight excluding hydrogens is 240 g/mol. The second-order valence-corrected chi connectivity index (χ2v) is 5.01. The monoisotopic (exact) mass is 268 g/mol. The molecule has 1 heterocycles. The molecule has 2 atom stereocenters. The molecule has 1 rings (SSSR count). The molecule has 4 nitrogen and oxygen atoms in total. The van der Waals surface area contributed by atoms with E-state index < -0.39 is 6.10 Å². The van der Waals surface area contributed by atoms with E-state index in [1.807, 2.05) is 0 Å². The molecule has 19 heavy (non-hydrogen) atoms. The molecule has 2 N–H and O–H groups in total. The van der Waals surface area contributed by atoms with Crippen LogP contribution >= 0.6 is 0 Å². The Morgan fingerprint density at radius 1 is 1.37 bits per heavy atom. The number of hydrogen-bond acceptors (Lipinski definition) is 4. The highest BCUT2D eigenvalue weighted by molar-refractivity contribution is 5.02. The van der Waals surface area contributed by atoms with Crippen LogP contribution in [0.2, 0.25) is 0 Å². The molecule has 0 saturated heterocycles. The van der Waals surface area contributed by atoms with Crippen LogP contribution in [0.15, 0.2) is 22.8 Å². The van der Waals surface area contributed by atoms with Gasteiger partial charge in [0.15, 0.2) is 0 Å². The molecular formula is C15H28N2O2. The average molecular weight is 268 g/mol. The van der Waals surface area contributed by atoms with E-state index in [9.17, 15) is 5.11 Å². The number of aliphatic hydroxyl groups is 1. The Labute approximate surface area is 116 Å². The normalized spacial score (nSPS) is 14.8. The molecule has 0 aromatic carbocycles. The van der Waals surface area contributed by atoms with E-state index in [2.05, 4.69) is 31.0 Å². The molecule has 1 aromatic rings. The third-order valence-corrected chi connectivity index (χ3v) is 3.54. The molecule has 0 fully saturated rings. The van der Waals surface area contributed by atoms with Gasteiger partial charge >= 0.3 is 0 Å². The lowest BCUT2D eigenvalue weighted by molar-refractivity contribution is 0.143. The second kappa shape index (κ2) is 9.13. The topological polar surface area (TPSA) is 48.6 Å². The van der Waals surface area contributed by atoms with Crippen molar-refractivity contribution < 1.29 is 9.52 Å². The van der Waals surface area contributed by atoms with E-state index in [1.165, 1.54) is 6.42 Å². The third kappa shape index (κ3) is 6.23. The van der Waals surface area contributed by atoms with Crippen LogP contribution in [0.25, 0.3) is 0 Å². The van der Waals surface area contributed by atoms with Gasteiger partial charge in [0.2, 0.25) is 0 Å². The first kappa shape index (κ1) is 16.2. The van der Waals surface area contributed by atoms with Gasteiger partial charge in [0.1, 0.15) is 11.9 Å². The number of furan rings is 1. The first-order valence-corrected chi connectivity index (χ1v) is 7.34. The molecule has 4 heteroatoms. The Balaban J connectivity index is 2.12. The van der Waals surface area contributed by atoms with Crippen molar-refractivity contribution in [1.82, 2.24) is 10.2 Å². The molecule has 0 aliphatic rings. The molecule has 0 spiro atoms. The molecule has 0 radical (unpaired) electrons. The van der Waals surface area contributed by atoms with Gasteiger partial charge in [-0.1, -0.05) is 13.8 Å². The summed E-state index contributed by atoms with van der Waals surface area (Å²) >= 11 is 0. The predicted molar refractivity (Wildman–Crippen MR) is 78.2 cm³/mol. The van der Waals surface area contributed by atoms with Gasteiger partial charge < -0.3 is 19.7 Å². The minimum atomic E-state index is -0.555. The van der Waals surface area contributed by atoms with Gasteiger partial charge in [-0.3, -0.25) is 0 Å². The zero-order valence-corrected chi connectivity index (χ0v) is 12.4. The molecule has 110 valence electrons. The van der Waals surface area contributed by atoms with Crippen molar-refractivity contribution in [3.8, 4) is 0 Å². The van der Waals surface area contributed by atoms with Crippen molar-refractivity contribution in [1.29, 1.82) is 0 Å². The molecule has 0 saturated carbocycles. The summed E-state index contributed by atoms with van der Waals surface area (Å²) in [5.41, 5.74) is 0. The Kier molecular flexibility index (Phi) is 7.79. The summed E-state index contributed by atoms with van der Waals surface area (Å²) in [4.78, 5) is 2.43. The smallest absolute Gasteiger partial charge is 0.133 e. The number of nitrogens with zero attached hydrogens (tertiary/aromatic N) is 1. The predicted octanol–water partition coefficient (Wildman–Crippen LogP) is 2.41. The minimum Gasteiger partial charge on any atom is -0.467 e. The van der Waals surface area contributed by atoms with E-state index in [-0.39, 0.29) is 0 Å². The van der Waals surface area contributed by atoms with Crippen LogP contribution in [-0.4, -0.2) is 42.2 Å². The molecule has 1 aromatic heterocycles. The summed E-state index contributed by atoms with van der Waals surface area (Å²) in [7, 11) is 0. The van der Waals surface area contributed by atoms with Crippen LogP contribution in [0.1, 0.15) is 45.5 Å². The SMILES string of the molecule is CCN(CC)CCCC(C)NCC(O)c1ccco1. The van der Waals surface area contributed by atoms with Crippen molar-refractivity contribution in [3.63, 3.8) is 0 Å². The first-order chi connectivity index (χ1) is 9.17. The lowest BCUT2D eigenvalue weighted by atomic mass is 10.1. The van der Waals surface area contributed by atoms with Crippen LogP contribution in [0, 0.1) is 0 Å². The second-order valence-electron chi connectivity index (χ2n) is 5.01. The van der Waals surface area contributed by atoms with Crippen LogP contribution < -0.4 is 5.32 Å². The van der Waals surface area contributed by atoms with Crippen LogP contribution in [0.3, 0.4) is 0 Å². The van der Waals surface area contributed by atoms with Crippen molar-refractivity contribution in [3.05, 3.63) is 24.2 Å². The highest BCUT2D eigenvalue weighted by Gasteiger charge is 2.11. The fourth-order valence-electron chi connectivity index (χ4n) is 2.16. The lowest BCUT2D eigenvalue weighted by Gasteiger charge is -2.20. The van der Waals surface area contributed by atoms with E-state index in [0.717, 1.165) is 26.1 Å². The summed E-state index contributed by atoms with van der Waals surface area (Å²) in [5, 5.41) is 13.2. The standard InChI is InChI=1S/C15H28N2O2/c1-4-17(5-2)10-6-8-13(3)16-12-14(18)15-9-7-11-19-15/h7,9,11,13-14,16,18H,4-6,8,10,12H2,1-3H3. The maximum atomic E-state index is 9.88. The average Bonchev–Trinajstić information content (AvgIpc) is 2.95. The summed E-state index contributed by atoms with van der Waals surface area (Å²) in [6, 6.07) is 4.02. The fraction of sp³-hybridized carbons (Fsp3) is 0.733. The minimum absolute atomic E-state index is 0.417. The van der Waals surface area contributed by atoms with Crippen molar-refractivity contribution in [2.24, 2.45) is 0 Å². The fourth-order valence-corrected chi connectivity index (χ4v) is 2.16. The van der Waals surface area contributed by atoms with Crippen molar-refractivity contribution >= 4 is 0 Å². The van der Waals surface area contributed by atoms with Gasteiger partial charge in [-0.05, 0) is 51.5 Å². The van der Waals surface area contributed by atoms with Crippen LogP contribution in [0.4, 0.5) is 0 Å². The maximum Gasteiger partial charge on any atom is 0.133 e. The van der Waals surface area contributed by atoms with E-state index in [1.54, 1.807) is 18.4 Å². The van der Waals surface area contributed by atoms with Gasteiger partial charge in [0.05, 0.1) is 6.26 Å². The number of hydrogen-bond donors (Lipinski definition) is 2. The van der Waals surface area contributed by atoms with Gasteiger partial charge in [0.25, 0.3) is 0 Å². The number of rotatable bonds is 10. The highest BCUT2D eigenvalue weighted by atomic mass is 16.4. The Bertz CT molecular complexity index is 310. The van der Waals surface area contributed by atoms with E-state index in [0.29, 0.717) is 18.3 Å². The van der Waals surface area contributed by atoms with E-state index >= 15 is 0 Å². The van der Waals surface area contributed by atoms with Gasteiger partial charge in [0, 0.05) is 12.6 Å². The lowest BCUT2D eigenvalue weighted by Crippen LogP contribution is -2.31. The van der Waals surface area contributed by atoms with Crippen molar-refractivity contribution in [2.75, 3.05) is 26.2 Å². The zero-order valence-electron chi connectivity index (χ0n) is 12.4. The molecule has 0 aliphatic carbocycles. The number of aliphatic hydroxyl groups excluding tert-OH is 1. The van der Waals surface area contributed by atoms with Crippen LogP contribution in [0.5, 0.6) is 0 Å². The van der Waals surface area contributed by atoms with Gasteiger partial charge in [-0.25, -0.2) is 0 Å². The van der Waals surface area contributed by atoms with Gasteiger partial charge in [-0.15, -0.1) is 0 Å². The third-order valence-electron chi connectivity index (χ3n) is 3.54. The van der Waals surface area contributed by atoms with Crippen molar-refractivity contribution in [2.45, 2.75) is 45.8 Å². The Hall–Kier alpha value is -0.840. The number of nitrogens with one attached hydrogen (secondary N) is 1. The largest absolute Gasteiger partial charge is 0.467 e. The summed E-state index contributed by atoms with van der Waals surface area (Å²) in [6.07, 6.45) is 3.35. The Morgan fingerprint density at radius 3 is 2.68 bits per heavy atom. The molecule has 0 aliphatic heterocycles. The Morgan fingerprint density at radius 2 is 2.11 bits per heavy atom. The summed E-state index contributed by atoms with van der Waals surface area (Å²) < 4.78 is 5.17. The summed E-state index contributed by atoms with van der Waals surface area (Å²) in [6.45, 7) is 10.5. The highest BCUT2D eigenvalue weighted by Crippen LogP contribution is 2.12. The van der Waals surface area contributed by atoms with Gasteiger partial charge in [-0.2, -0.15) is 0 Å². The first-order valence-electron chi connectivity index (χ1n) is 7.34. The molecule has 0 amide bonds. The zero-order chi connectivity index (χ0) is 14.1. The molecule has 0 bridgehead atoms. The summed E-state index contributed by atoms with van der Waals surface area (Å²) in [5.74, 6) is 0.628. The quantitative estimate of drug-likeness (QED) is 0.684. The van der Waals surface area contributed by atoms with E-state index in [4.69, 9.17) is 4.42 Å². The molecule has 2 unspecified atom stereocenters. The maximum absolute atomic E-state index is 9.88. The van der Waals surface area contributed by atoms with Crippen LogP contribution in [-0.2, 0) is 0 Å².